The van der Waals surface area contributed by atoms with E-state index in [1.807, 2.05) is 0 Å². The molecule has 1 rings (SSSR count). The number of H-pyrrole nitrogens is 1. The number of aliphatic hydroxyl groups is 1. The smallest absolute Gasteiger partial charge is 0.151 e. The second-order valence-electron chi connectivity index (χ2n) is 6.61. The number of unbranched alkanes of at least 4 members (excludes halogenated alkanes) is 1. The molecule has 5 heteroatoms. The quantitative estimate of drug-likeness (QED) is 0.690. The molecule has 116 valence electrons. The molecular formula is C15H28ClN3O. The van der Waals surface area contributed by atoms with Gasteiger partial charge in [0, 0.05) is 19.5 Å². The lowest BCUT2D eigenvalue weighted by molar-refractivity contribution is 0.119. The van der Waals surface area contributed by atoms with Gasteiger partial charge in [0.2, 0.25) is 0 Å². The fourth-order valence-corrected chi connectivity index (χ4v) is 2.38. The summed E-state index contributed by atoms with van der Waals surface area (Å²) in [6.45, 7) is 9.71. The number of aryl methyl sites for hydroxylation is 1. The van der Waals surface area contributed by atoms with Crippen LogP contribution in [0.25, 0.3) is 0 Å². The number of halogens is 1. The Bertz CT molecular complexity index is 398. The van der Waals surface area contributed by atoms with Crippen LogP contribution in [0.15, 0.2) is 0 Å². The van der Waals surface area contributed by atoms with Crippen LogP contribution in [0.4, 0.5) is 0 Å². The molecule has 0 aromatic carbocycles. The van der Waals surface area contributed by atoms with Crippen molar-refractivity contribution < 1.29 is 5.11 Å². The van der Waals surface area contributed by atoms with Crippen LogP contribution in [0.2, 0.25) is 5.15 Å². The van der Waals surface area contributed by atoms with Crippen molar-refractivity contribution in [2.24, 2.45) is 5.41 Å². The molecule has 0 amide bonds. The predicted octanol–water partition coefficient (Wildman–Crippen LogP) is 3.29. The number of aromatic nitrogens is 2. The second kappa shape index (κ2) is 8.01. The molecule has 0 radical (unpaired) electrons. The number of nitrogens with zero attached hydrogens (tertiary/aromatic N) is 1. The lowest BCUT2D eigenvalue weighted by Gasteiger charge is -2.22. The maximum atomic E-state index is 9.93. The Morgan fingerprint density at radius 3 is 2.70 bits per heavy atom. The van der Waals surface area contributed by atoms with E-state index in [0.29, 0.717) is 18.2 Å². The van der Waals surface area contributed by atoms with Crippen molar-refractivity contribution in [2.45, 2.75) is 66.0 Å². The molecule has 0 saturated heterocycles. The summed E-state index contributed by atoms with van der Waals surface area (Å²) in [5, 5.41) is 13.7. The fraction of sp³-hybridized carbons (Fsp3) is 0.800. The van der Waals surface area contributed by atoms with Crippen molar-refractivity contribution in [3.63, 3.8) is 0 Å². The summed E-state index contributed by atoms with van der Waals surface area (Å²) in [6.07, 6.45) is 3.63. The van der Waals surface area contributed by atoms with Crippen molar-refractivity contribution in [2.75, 3.05) is 6.54 Å². The number of imidazole rings is 1. The number of hydrogen-bond acceptors (Lipinski definition) is 3. The van der Waals surface area contributed by atoms with Crippen LogP contribution in [0.3, 0.4) is 0 Å². The van der Waals surface area contributed by atoms with Crippen LogP contribution in [0.1, 0.15) is 58.5 Å². The molecule has 0 aliphatic heterocycles. The molecule has 1 atom stereocenters. The standard InChI is InChI=1S/C15H28ClN3O/c1-5-6-7-13-18-12(14(16)19-13)10-17-9-11(20)8-15(2,3)4/h11,17,20H,5-10H2,1-4H3,(H,18,19). The molecule has 0 aliphatic rings. The Morgan fingerprint density at radius 1 is 1.40 bits per heavy atom. The molecule has 20 heavy (non-hydrogen) atoms. The monoisotopic (exact) mass is 301 g/mol. The van der Waals surface area contributed by atoms with E-state index in [9.17, 15) is 5.11 Å². The van der Waals surface area contributed by atoms with Gasteiger partial charge in [-0.05, 0) is 18.3 Å². The first kappa shape index (κ1) is 17.5. The second-order valence-corrected chi connectivity index (χ2v) is 6.96. The highest BCUT2D eigenvalue weighted by molar-refractivity contribution is 6.30. The van der Waals surface area contributed by atoms with Gasteiger partial charge >= 0.3 is 0 Å². The van der Waals surface area contributed by atoms with E-state index in [-0.39, 0.29) is 11.5 Å². The molecule has 0 fully saturated rings. The van der Waals surface area contributed by atoms with Gasteiger partial charge in [0.25, 0.3) is 0 Å². The van der Waals surface area contributed by atoms with Gasteiger partial charge in [-0.3, -0.25) is 0 Å². The Hall–Kier alpha value is -0.580. The average Bonchev–Trinajstić information content (AvgIpc) is 2.65. The van der Waals surface area contributed by atoms with Gasteiger partial charge in [0.05, 0.1) is 11.8 Å². The van der Waals surface area contributed by atoms with Gasteiger partial charge in [0.15, 0.2) is 5.15 Å². The zero-order valence-electron chi connectivity index (χ0n) is 13.1. The molecule has 1 unspecified atom stereocenters. The number of aromatic amines is 1. The first-order valence-electron chi connectivity index (χ1n) is 7.44. The van der Waals surface area contributed by atoms with E-state index in [1.165, 1.54) is 0 Å². The van der Waals surface area contributed by atoms with E-state index < -0.39 is 0 Å². The van der Waals surface area contributed by atoms with Gasteiger partial charge in [-0.2, -0.15) is 0 Å². The molecule has 1 heterocycles. The van der Waals surface area contributed by atoms with Crippen molar-refractivity contribution in [1.82, 2.24) is 15.3 Å². The predicted molar refractivity (Wildman–Crippen MR) is 84.0 cm³/mol. The van der Waals surface area contributed by atoms with Crippen molar-refractivity contribution >= 4 is 11.6 Å². The fourth-order valence-electron chi connectivity index (χ4n) is 2.16. The van der Waals surface area contributed by atoms with Crippen LogP contribution in [0, 0.1) is 5.41 Å². The summed E-state index contributed by atoms with van der Waals surface area (Å²) in [7, 11) is 0. The molecule has 1 aromatic heterocycles. The number of rotatable bonds is 8. The van der Waals surface area contributed by atoms with Gasteiger partial charge in [-0.15, -0.1) is 0 Å². The largest absolute Gasteiger partial charge is 0.392 e. The lowest BCUT2D eigenvalue weighted by atomic mass is 9.89. The van der Waals surface area contributed by atoms with E-state index in [0.717, 1.165) is 37.2 Å². The maximum absolute atomic E-state index is 9.93. The van der Waals surface area contributed by atoms with E-state index in [2.05, 4.69) is 43.0 Å². The minimum absolute atomic E-state index is 0.139. The minimum Gasteiger partial charge on any atom is -0.392 e. The van der Waals surface area contributed by atoms with Crippen molar-refractivity contribution in [3.8, 4) is 0 Å². The van der Waals surface area contributed by atoms with Gasteiger partial charge in [-0.1, -0.05) is 45.7 Å². The van der Waals surface area contributed by atoms with Crippen LogP contribution in [-0.2, 0) is 13.0 Å². The van der Waals surface area contributed by atoms with E-state index in [1.54, 1.807) is 0 Å². The first-order chi connectivity index (χ1) is 9.31. The molecule has 3 N–H and O–H groups in total. The molecule has 1 aromatic rings. The molecule has 4 nitrogen and oxygen atoms in total. The van der Waals surface area contributed by atoms with Crippen LogP contribution in [0.5, 0.6) is 0 Å². The van der Waals surface area contributed by atoms with Gasteiger partial charge < -0.3 is 15.4 Å². The number of hydrogen-bond donors (Lipinski definition) is 3. The Kier molecular flexibility index (Phi) is 7.00. The Morgan fingerprint density at radius 2 is 2.10 bits per heavy atom. The SMILES string of the molecule is CCCCc1nc(Cl)c(CNCC(O)CC(C)(C)C)[nH]1. The topological polar surface area (TPSA) is 60.9 Å². The summed E-state index contributed by atoms with van der Waals surface area (Å²) in [5.41, 5.74) is 1.04. The molecule has 0 saturated carbocycles. The first-order valence-corrected chi connectivity index (χ1v) is 7.81. The van der Waals surface area contributed by atoms with Crippen LogP contribution >= 0.6 is 11.6 Å². The highest BCUT2D eigenvalue weighted by Crippen LogP contribution is 2.20. The Balaban J connectivity index is 2.36. The van der Waals surface area contributed by atoms with Gasteiger partial charge in [-0.25, -0.2) is 4.98 Å². The third-order valence-corrected chi connectivity index (χ3v) is 3.39. The summed E-state index contributed by atoms with van der Waals surface area (Å²) in [4.78, 5) is 7.56. The molecular weight excluding hydrogens is 274 g/mol. The molecule has 0 bridgehead atoms. The summed E-state index contributed by atoms with van der Waals surface area (Å²) in [5.74, 6) is 0.948. The highest BCUT2D eigenvalue weighted by atomic mass is 35.5. The van der Waals surface area contributed by atoms with Crippen LogP contribution in [-0.4, -0.2) is 27.7 Å². The zero-order valence-corrected chi connectivity index (χ0v) is 13.8. The summed E-state index contributed by atoms with van der Waals surface area (Å²) < 4.78 is 0. The molecule has 0 aliphatic carbocycles. The van der Waals surface area contributed by atoms with E-state index in [4.69, 9.17) is 11.6 Å². The number of aliphatic hydroxyl groups excluding tert-OH is 1. The lowest BCUT2D eigenvalue weighted by Crippen LogP contribution is -2.30. The molecule has 0 spiro atoms. The van der Waals surface area contributed by atoms with E-state index >= 15 is 0 Å². The maximum Gasteiger partial charge on any atom is 0.151 e. The van der Waals surface area contributed by atoms with Crippen LogP contribution < -0.4 is 5.32 Å². The van der Waals surface area contributed by atoms with Gasteiger partial charge in [0.1, 0.15) is 5.82 Å². The zero-order chi connectivity index (χ0) is 15.2. The average molecular weight is 302 g/mol. The minimum atomic E-state index is -0.337. The van der Waals surface area contributed by atoms with Crippen molar-refractivity contribution in [1.29, 1.82) is 0 Å². The normalized spacial score (nSPS) is 13.7. The summed E-state index contributed by atoms with van der Waals surface area (Å²) in [6, 6.07) is 0. The Labute approximate surface area is 127 Å². The number of nitrogens with one attached hydrogen (secondary N) is 2. The summed E-state index contributed by atoms with van der Waals surface area (Å²) >= 11 is 6.10. The highest BCUT2D eigenvalue weighted by Gasteiger charge is 2.16. The van der Waals surface area contributed by atoms with Crippen molar-refractivity contribution in [3.05, 3.63) is 16.7 Å². The third-order valence-electron chi connectivity index (χ3n) is 3.07. The third kappa shape index (κ3) is 6.73.